The van der Waals surface area contributed by atoms with E-state index < -0.39 is 17.3 Å². The van der Waals surface area contributed by atoms with Crippen LogP contribution in [0.1, 0.15) is 19.4 Å². The molecule has 1 radical (unpaired) electrons. The minimum absolute atomic E-state index is 0.439. The number of nitrogens with two attached hydrogens (primary N) is 1. The number of alkyl halides is 3. The van der Waals surface area contributed by atoms with Crippen LogP contribution in [0.25, 0.3) is 0 Å². The zero-order valence-corrected chi connectivity index (χ0v) is 10.2. The third kappa shape index (κ3) is 2.69. The lowest BCUT2D eigenvalue weighted by Crippen LogP contribution is -2.44. The second-order valence-corrected chi connectivity index (χ2v) is 5.12. The number of hydrogen-bond acceptors (Lipinski definition) is 3. The summed E-state index contributed by atoms with van der Waals surface area (Å²) < 4.78 is 37.9. The number of fused-ring (bicyclic) bond motifs is 1. The summed E-state index contributed by atoms with van der Waals surface area (Å²) in [4.78, 5) is 1.70. The largest absolute Gasteiger partial charge is 0.416 e. The van der Waals surface area contributed by atoms with Crippen LogP contribution in [-0.2, 0) is 6.18 Å². The van der Waals surface area contributed by atoms with Gasteiger partial charge in [0.05, 0.1) is 16.9 Å². The summed E-state index contributed by atoms with van der Waals surface area (Å²) in [6.07, 6.45) is -4.33. The Morgan fingerprint density at radius 1 is 1.28 bits per heavy atom. The smallest absolute Gasteiger partial charge is 0.360 e. The number of nitrogens with one attached hydrogen (secondary N) is 1. The van der Waals surface area contributed by atoms with Crippen LogP contribution in [0.15, 0.2) is 18.2 Å². The summed E-state index contributed by atoms with van der Waals surface area (Å²) in [7, 11) is 0. The third-order valence-electron chi connectivity index (χ3n) is 2.59. The third-order valence-corrected chi connectivity index (χ3v) is 2.59. The van der Waals surface area contributed by atoms with E-state index in [4.69, 9.17) is 5.73 Å². The van der Waals surface area contributed by atoms with Crippen LogP contribution in [0.2, 0.25) is 0 Å². The van der Waals surface area contributed by atoms with E-state index in [9.17, 15) is 13.2 Å². The molecule has 0 saturated heterocycles. The number of benzene rings is 1. The molecular weight excluding hydrogens is 243 g/mol. The standard InChI is InChI=1S/C12H15F3N3/c1-11(2,16)6-18-7-17-9-4-3-8(5-10(9)18)12(13,14)15/h3-5,7,17H,6,16H2,1-2H3. The van der Waals surface area contributed by atoms with E-state index in [1.807, 2.05) is 13.8 Å². The Balaban J connectivity index is 2.31. The fourth-order valence-electron chi connectivity index (χ4n) is 1.85. The number of rotatable bonds is 2. The molecule has 1 aliphatic rings. The molecule has 0 saturated carbocycles. The SMILES string of the molecule is CC(C)(N)CN1[CH]Nc2ccc(C(F)(F)F)cc21. The zero-order valence-electron chi connectivity index (χ0n) is 10.2. The van der Waals surface area contributed by atoms with Gasteiger partial charge in [-0.15, -0.1) is 0 Å². The lowest BCUT2D eigenvalue weighted by molar-refractivity contribution is -0.137. The number of anilines is 2. The normalized spacial score (nSPS) is 15.6. The van der Waals surface area contributed by atoms with E-state index in [0.29, 0.717) is 17.9 Å². The molecule has 6 heteroatoms. The van der Waals surface area contributed by atoms with Crippen molar-refractivity contribution in [3.63, 3.8) is 0 Å². The Kier molecular flexibility index (Phi) is 2.93. The fourth-order valence-corrected chi connectivity index (χ4v) is 1.85. The molecule has 1 aromatic rings. The van der Waals surface area contributed by atoms with Gasteiger partial charge in [0, 0.05) is 12.1 Å². The minimum Gasteiger partial charge on any atom is -0.360 e. The molecule has 0 aromatic heterocycles. The highest BCUT2D eigenvalue weighted by Crippen LogP contribution is 2.39. The van der Waals surface area contributed by atoms with E-state index in [-0.39, 0.29) is 0 Å². The van der Waals surface area contributed by atoms with Gasteiger partial charge in [0.15, 0.2) is 0 Å². The van der Waals surface area contributed by atoms with Crippen molar-refractivity contribution < 1.29 is 13.2 Å². The van der Waals surface area contributed by atoms with Gasteiger partial charge in [-0.3, -0.25) is 0 Å². The van der Waals surface area contributed by atoms with E-state index in [1.54, 1.807) is 11.6 Å². The average molecular weight is 258 g/mol. The predicted octanol–water partition coefficient (Wildman–Crippen LogP) is 2.79. The molecule has 0 fully saturated rings. The molecule has 3 N–H and O–H groups in total. The number of halogens is 3. The van der Waals surface area contributed by atoms with Crippen LogP contribution in [0.5, 0.6) is 0 Å². The molecule has 1 aliphatic heterocycles. The molecule has 1 heterocycles. The Morgan fingerprint density at radius 2 is 1.94 bits per heavy atom. The summed E-state index contributed by atoms with van der Waals surface area (Å²) in [6, 6.07) is 3.63. The van der Waals surface area contributed by atoms with Crippen molar-refractivity contribution in [2.75, 3.05) is 16.8 Å². The van der Waals surface area contributed by atoms with Crippen LogP contribution in [0.4, 0.5) is 24.5 Å². The molecule has 3 nitrogen and oxygen atoms in total. The van der Waals surface area contributed by atoms with Crippen molar-refractivity contribution in [3.8, 4) is 0 Å². The maximum Gasteiger partial charge on any atom is 0.416 e. The summed E-state index contributed by atoms with van der Waals surface area (Å²) in [6.45, 7) is 5.73. The van der Waals surface area contributed by atoms with Crippen molar-refractivity contribution >= 4 is 11.4 Å². The van der Waals surface area contributed by atoms with Gasteiger partial charge in [-0.2, -0.15) is 13.2 Å². The topological polar surface area (TPSA) is 41.3 Å². The van der Waals surface area contributed by atoms with Gasteiger partial charge in [0.2, 0.25) is 0 Å². The first-order valence-corrected chi connectivity index (χ1v) is 5.53. The predicted molar refractivity (Wildman–Crippen MR) is 65.0 cm³/mol. The van der Waals surface area contributed by atoms with Crippen LogP contribution in [0, 0.1) is 6.67 Å². The van der Waals surface area contributed by atoms with Crippen LogP contribution >= 0.6 is 0 Å². The van der Waals surface area contributed by atoms with Crippen molar-refractivity contribution in [1.82, 2.24) is 0 Å². The molecule has 1 aromatic carbocycles. The molecule has 0 spiro atoms. The molecule has 99 valence electrons. The summed E-state index contributed by atoms with van der Waals surface area (Å²) in [5.41, 5.74) is 5.90. The van der Waals surface area contributed by atoms with E-state index >= 15 is 0 Å². The molecular formula is C12H15F3N3. The maximum absolute atomic E-state index is 12.6. The maximum atomic E-state index is 12.6. The fraction of sp³-hybridized carbons (Fsp3) is 0.417. The summed E-state index contributed by atoms with van der Waals surface area (Å²) in [5.74, 6) is 0. The van der Waals surface area contributed by atoms with Gasteiger partial charge in [0.25, 0.3) is 0 Å². The molecule has 0 unspecified atom stereocenters. The molecule has 0 bridgehead atoms. The average Bonchev–Trinajstić information content (AvgIpc) is 2.57. The highest BCUT2D eigenvalue weighted by atomic mass is 19.4. The molecule has 2 rings (SSSR count). The monoisotopic (exact) mass is 258 g/mol. The second-order valence-electron chi connectivity index (χ2n) is 5.12. The van der Waals surface area contributed by atoms with Gasteiger partial charge in [-0.05, 0) is 32.0 Å². The molecule has 0 amide bonds. The Labute approximate surface area is 104 Å². The van der Waals surface area contributed by atoms with Gasteiger partial charge in [0.1, 0.15) is 6.67 Å². The van der Waals surface area contributed by atoms with E-state index in [0.717, 1.165) is 12.1 Å². The number of hydrogen-bond donors (Lipinski definition) is 2. The lowest BCUT2D eigenvalue weighted by Gasteiger charge is -2.27. The van der Waals surface area contributed by atoms with Crippen LogP contribution < -0.4 is 16.0 Å². The minimum atomic E-state index is -4.33. The van der Waals surface area contributed by atoms with Gasteiger partial charge in [-0.25, -0.2) is 0 Å². The quantitative estimate of drug-likeness (QED) is 0.857. The highest BCUT2D eigenvalue weighted by molar-refractivity contribution is 5.77. The zero-order chi connectivity index (χ0) is 13.6. The van der Waals surface area contributed by atoms with Crippen molar-refractivity contribution in [2.45, 2.75) is 25.6 Å². The van der Waals surface area contributed by atoms with Gasteiger partial charge in [-0.1, -0.05) is 0 Å². The first-order chi connectivity index (χ1) is 8.17. The Hall–Kier alpha value is -1.43. The highest BCUT2D eigenvalue weighted by Gasteiger charge is 2.33. The van der Waals surface area contributed by atoms with Crippen molar-refractivity contribution in [3.05, 3.63) is 30.4 Å². The Bertz CT molecular complexity index is 449. The summed E-state index contributed by atoms with van der Waals surface area (Å²) in [5, 5.41) is 2.93. The number of nitrogens with zero attached hydrogens (tertiary/aromatic N) is 1. The van der Waals surface area contributed by atoms with Gasteiger partial charge >= 0.3 is 6.18 Å². The first-order valence-electron chi connectivity index (χ1n) is 5.53. The van der Waals surface area contributed by atoms with Crippen molar-refractivity contribution in [1.29, 1.82) is 0 Å². The van der Waals surface area contributed by atoms with Crippen molar-refractivity contribution in [2.24, 2.45) is 5.73 Å². The Morgan fingerprint density at radius 3 is 2.50 bits per heavy atom. The lowest BCUT2D eigenvalue weighted by atomic mass is 10.1. The molecule has 0 atom stereocenters. The molecule has 18 heavy (non-hydrogen) atoms. The summed E-state index contributed by atoms with van der Waals surface area (Å²) >= 11 is 0. The van der Waals surface area contributed by atoms with E-state index in [2.05, 4.69) is 5.32 Å². The van der Waals surface area contributed by atoms with E-state index in [1.165, 1.54) is 6.07 Å². The van der Waals surface area contributed by atoms with Gasteiger partial charge < -0.3 is 16.0 Å². The van der Waals surface area contributed by atoms with Crippen LogP contribution in [-0.4, -0.2) is 12.1 Å². The molecule has 0 aliphatic carbocycles. The second kappa shape index (κ2) is 4.05. The van der Waals surface area contributed by atoms with Crippen LogP contribution in [0.3, 0.4) is 0 Å². The first kappa shape index (κ1) is 13.0.